The molecule has 3 nitrogen and oxygen atoms in total. The molecule has 1 aromatic carbocycles. The van der Waals surface area contributed by atoms with Crippen molar-refractivity contribution in [2.45, 2.75) is 39.7 Å². The minimum atomic E-state index is 0.347. The number of benzene rings is 1. The largest absolute Gasteiger partial charge is 0.367 e. The zero-order chi connectivity index (χ0) is 13.8. The van der Waals surface area contributed by atoms with Crippen molar-refractivity contribution in [3.8, 4) is 0 Å². The Labute approximate surface area is 116 Å². The first-order valence-electron chi connectivity index (χ1n) is 7.36. The fourth-order valence-electron chi connectivity index (χ4n) is 3.00. The quantitative estimate of drug-likeness (QED) is 0.775. The van der Waals surface area contributed by atoms with Gasteiger partial charge >= 0.3 is 0 Å². The van der Waals surface area contributed by atoms with Crippen molar-refractivity contribution in [2.75, 3.05) is 24.5 Å². The third kappa shape index (κ3) is 2.75. The molecule has 3 heteroatoms. The molecule has 2 aliphatic rings. The molecule has 3 rings (SSSR count). The van der Waals surface area contributed by atoms with E-state index in [1.807, 2.05) is 13.8 Å². The van der Waals surface area contributed by atoms with E-state index in [1.54, 1.807) is 0 Å². The number of rotatable bonds is 1. The molecular formula is C16H24N2O. The van der Waals surface area contributed by atoms with Gasteiger partial charge in [-0.3, -0.25) is 4.79 Å². The van der Waals surface area contributed by atoms with Gasteiger partial charge in [0.05, 0.1) is 0 Å². The fourth-order valence-corrected chi connectivity index (χ4v) is 3.00. The predicted molar refractivity (Wildman–Crippen MR) is 79.5 cm³/mol. The second kappa shape index (κ2) is 6.09. The van der Waals surface area contributed by atoms with E-state index in [0.29, 0.717) is 11.9 Å². The molecular weight excluding hydrogens is 236 g/mol. The Balaban J connectivity index is 0.000000637. The summed E-state index contributed by atoms with van der Waals surface area (Å²) < 4.78 is 0. The summed E-state index contributed by atoms with van der Waals surface area (Å²) in [6.45, 7) is 9.00. The van der Waals surface area contributed by atoms with E-state index in [1.165, 1.54) is 11.3 Å². The number of amides is 1. The van der Waals surface area contributed by atoms with Gasteiger partial charge < -0.3 is 9.80 Å². The van der Waals surface area contributed by atoms with Crippen LogP contribution < -0.4 is 4.90 Å². The fraction of sp³-hybridized carbons (Fsp3) is 0.562. The molecule has 0 aromatic heterocycles. The van der Waals surface area contributed by atoms with Crippen molar-refractivity contribution in [3.63, 3.8) is 0 Å². The Hall–Kier alpha value is -1.51. The topological polar surface area (TPSA) is 23.6 Å². The Bertz CT molecular complexity index is 444. The number of carbonyl (C=O) groups is 1. The summed E-state index contributed by atoms with van der Waals surface area (Å²) in [5.74, 6) is 0.347. The first-order valence-corrected chi connectivity index (χ1v) is 7.36. The third-order valence-electron chi connectivity index (χ3n) is 3.95. The van der Waals surface area contributed by atoms with Gasteiger partial charge in [0, 0.05) is 37.8 Å². The molecule has 0 N–H and O–H groups in total. The molecule has 1 atom stereocenters. The maximum atomic E-state index is 11.6. The highest BCUT2D eigenvalue weighted by Crippen LogP contribution is 2.27. The van der Waals surface area contributed by atoms with E-state index in [4.69, 9.17) is 0 Å². The SMILES string of the molecule is CC.Cc1ccccc1N1CCN2C(=O)CCC2C1. The van der Waals surface area contributed by atoms with Gasteiger partial charge in [0.1, 0.15) is 0 Å². The number of carbonyl (C=O) groups excluding carboxylic acids is 1. The number of para-hydroxylation sites is 1. The zero-order valence-corrected chi connectivity index (χ0v) is 12.2. The molecule has 0 radical (unpaired) electrons. The third-order valence-corrected chi connectivity index (χ3v) is 3.95. The average molecular weight is 260 g/mol. The predicted octanol–water partition coefficient (Wildman–Crippen LogP) is 2.83. The Morgan fingerprint density at radius 2 is 1.89 bits per heavy atom. The van der Waals surface area contributed by atoms with Gasteiger partial charge in [0.25, 0.3) is 0 Å². The lowest BCUT2D eigenvalue weighted by atomic mass is 10.1. The van der Waals surface area contributed by atoms with Crippen LogP contribution in [-0.4, -0.2) is 36.5 Å². The summed E-state index contributed by atoms with van der Waals surface area (Å²) in [5, 5.41) is 0. The molecule has 1 amide bonds. The maximum absolute atomic E-state index is 11.6. The summed E-state index contributed by atoms with van der Waals surface area (Å²) in [4.78, 5) is 16.1. The molecule has 0 saturated carbocycles. The molecule has 2 saturated heterocycles. The summed E-state index contributed by atoms with van der Waals surface area (Å²) >= 11 is 0. The number of hydrogen-bond acceptors (Lipinski definition) is 2. The van der Waals surface area contributed by atoms with Crippen molar-refractivity contribution in [1.29, 1.82) is 0 Å². The van der Waals surface area contributed by atoms with Crippen molar-refractivity contribution in [3.05, 3.63) is 29.8 Å². The number of aryl methyl sites for hydroxylation is 1. The van der Waals surface area contributed by atoms with E-state index in [-0.39, 0.29) is 0 Å². The summed E-state index contributed by atoms with van der Waals surface area (Å²) in [7, 11) is 0. The second-order valence-corrected chi connectivity index (χ2v) is 5.01. The lowest BCUT2D eigenvalue weighted by Gasteiger charge is -2.39. The normalized spacial score (nSPS) is 21.8. The first-order chi connectivity index (χ1) is 9.25. The van der Waals surface area contributed by atoms with E-state index < -0.39 is 0 Å². The van der Waals surface area contributed by atoms with E-state index >= 15 is 0 Å². The second-order valence-electron chi connectivity index (χ2n) is 5.01. The van der Waals surface area contributed by atoms with Crippen LogP contribution in [0, 0.1) is 6.92 Å². The van der Waals surface area contributed by atoms with Crippen LogP contribution in [0.3, 0.4) is 0 Å². The van der Waals surface area contributed by atoms with Crippen LogP contribution in [-0.2, 0) is 4.79 Å². The van der Waals surface area contributed by atoms with E-state index in [2.05, 4.69) is 41.0 Å². The van der Waals surface area contributed by atoms with Crippen LogP contribution in [0.25, 0.3) is 0 Å². The standard InChI is InChI=1S/C14H18N2O.C2H6/c1-11-4-2-3-5-13(11)15-8-9-16-12(10-15)6-7-14(16)17;1-2/h2-5,12H,6-10H2,1H3;1-2H3. The van der Waals surface area contributed by atoms with Crippen LogP contribution in [0.2, 0.25) is 0 Å². The van der Waals surface area contributed by atoms with Gasteiger partial charge in [-0.1, -0.05) is 32.0 Å². The molecule has 2 heterocycles. The zero-order valence-electron chi connectivity index (χ0n) is 12.2. The van der Waals surface area contributed by atoms with E-state index in [9.17, 15) is 4.79 Å². The number of fused-ring (bicyclic) bond motifs is 1. The van der Waals surface area contributed by atoms with E-state index in [0.717, 1.165) is 32.5 Å². The number of piperazine rings is 1. The van der Waals surface area contributed by atoms with Crippen molar-refractivity contribution in [1.82, 2.24) is 4.90 Å². The summed E-state index contributed by atoms with van der Waals surface area (Å²) in [6, 6.07) is 8.95. The highest BCUT2D eigenvalue weighted by molar-refractivity contribution is 5.79. The van der Waals surface area contributed by atoms with Crippen molar-refractivity contribution < 1.29 is 4.79 Å². The average Bonchev–Trinajstić information content (AvgIpc) is 2.83. The molecule has 2 fully saturated rings. The minimum absolute atomic E-state index is 0.347. The van der Waals surface area contributed by atoms with Gasteiger partial charge in [-0.2, -0.15) is 0 Å². The Morgan fingerprint density at radius 3 is 2.63 bits per heavy atom. The van der Waals surface area contributed by atoms with Crippen LogP contribution in [0.5, 0.6) is 0 Å². The van der Waals surface area contributed by atoms with Gasteiger partial charge in [0.15, 0.2) is 0 Å². The summed E-state index contributed by atoms with van der Waals surface area (Å²) in [6.07, 6.45) is 1.77. The van der Waals surface area contributed by atoms with Gasteiger partial charge in [-0.05, 0) is 25.0 Å². The molecule has 0 aliphatic carbocycles. The number of nitrogens with zero attached hydrogens (tertiary/aromatic N) is 2. The lowest BCUT2D eigenvalue weighted by molar-refractivity contribution is -0.129. The number of hydrogen-bond donors (Lipinski definition) is 0. The van der Waals surface area contributed by atoms with Crippen LogP contribution in [0.1, 0.15) is 32.3 Å². The van der Waals surface area contributed by atoms with Gasteiger partial charge in [0.2, 0.25) is 5.91 Å². The molecule has 104 valence electrons. The molecule has 0 bridgehead atoms. The lowest BCUT2D eigenvalue weighted by Crippen LogP contribution is -2.51. The van der Waals surface area contributed by atoms with Crippen LogP contribution >= 0.6 is 0 Å². The van der Waals surface area contributed by atoms with Crippen LogP contribution in [0.15, 0.2) is 24.3 Å². The molecule has 0 spiro atoms. The molecule has 1 unspecified atom stereocenters. The Kier molecular flexibility index (Phi) is 4.46. The molecule has 19 heavy (non-hydrogen) atoms. The minimum Gasteiger partial charge on any atom is -0.367 e. The first kappa shape index (κ1) is 13.9. The van der Waals surface area contributed by atoms with Gasteiger partial charge in [-0.25, -0.2) is 0 Å². The monoisotopic (exact) mass is 260 g/mol. The van der Waals surface area contributed by atoms with Crippen molar-refractivity contribution in [2.24, 2.45) is 0 Å². The molecule has 2 aliphatic heterocycles. The smallest absolute Gasteiger partial charge is 0.223 e. The molecule has 1 aromatic rings. The highest BCUT2D eigenvalue weighted by atomic mass is 16.2. The van der Waals surface area contributed by atoms with Crippen molar-refractivity contribution >= 4 is 11.6 Å². The Morgan fingerprint density at radius 1 is 1.16 bits per heavy atom. The van der Waals surface area contributed by atoms with Gasteiger partial charge in [-0.15, -0.1) is 0 Å². The highest BCUT2D eigenvalue weighted by Gasteiger charge is 2.35. The maximum Gasteiger partial charge on any atom is 0.223 e. The summed E-state index contributed by atoms with van der Waals surface area (Å²) in [5.41, 5.74) is 2.65. The number of anilines is 1. The van der Waals surface area contributed by atoms with Crippen LogP contribution in [0.4, 0.5) is 5.69 Å².